The first-order chi connectivity index (χ1) is 16.5. The first kappa shape index (κ1) is 29.6. The molecule has 0 aliphatic rings. The quantitative estimate of drug-likeness (QED) is 0.255. The number of benzene rings is 1. The average Bonchev–Trinajstić information content (AvgIpc) is 2.79. The van der Waals surface area contributed by atoms with Gasteiger partial charge in [-0.3, -0.25) is 24.0 Å². The van der Waals surface area contributed by atoms with Gasteiger partial charge in [-0.2, -0.15) is 0 Å². The number of rotatable bonds is 14. The molecule has 0 bridgehead atoms. The number of nitrogens with two attached hydrogens (primary N) is 1. The summed E-state index contributed by atoms with van der Waals surface area (Å²) < 4.78 is 0. The van der Waals surface area contributed by atoms with Gasteiger partial charge in [0.25, 0.3) is 0 Å². The van der Waals surface area contributed by atoms with Crippen molar-refractivity contribution in [2.75, 3.05) is 6.54 Å². The molecule has 5 amide bonds. The lowest BCUT2D eigenvalue weighted by Crippen LogP contribution is -2.59. The minimum atomic E-state index is -0.934. The molecule has 0 aromatic heterocycles. The summed E-state index contributed by atoms with van der Waals surface area (Å²) in [5, 5.41) is 10.8. The molecule has 0 heterocycles. The van der Waals surface area contributed by atoms with Crippen LogP contribution in [0.2, 0.25) is 0 Å². The number of amides is 5. The summed E-state index contributed by atoms with van der Waals surface area (Å²) in [7, 11) is 0. The maximum Gasteiger partial charge on any atom is 0.243 e. The third kappa shape index (κ3) is 10.6. The maximum absolute atomic E-state index is 13.2. The van der Waals surface area contributed by atoms with Crippen molar-refractivity contribution < 1.29 is 24.0 Å². The van der Waals surface area contributed by atoms with E-state index in [0.717, 1.165) is 5.56 Å². The van der Waals surface area contributed by atoms with E-state index >= 15 is 0 Å². The van der Waals surface area contributed by atoms with Gasteiger partial charge in [0.05, 0.1) is 0 Å². The van der Waals surface area contributed by atoms with E-state index < -0.39 is 41.8 Å². The van der Waals surface area contributed by atoms with E-state index in [1.165, 1.54) is 6.92 Å². The van der Waals surface area contributed by atoms with Crippen LogP contribution in [0.3, 0.4) is 0 Å². The van der Waals surface area contributed by atoms with E-state index in [1.807, 2.05) is 44.2 Å². The van der Waals surface area contributed by atoms with Crippen LogP contribution in [-0.4, -0.2) is 54.2 Å². The van der Waals surface area contributed by atoms with Crippen molar-refractivity contribution in [3.05, 3.63) is 35.9 Å². The Hall–Kier alpha value is -3.43. The molecule has 0 aliphatic heterocycles. The SMILES string of the molecule is CCC(C)C(NC(C)=O)C(=O)NC(C(=O)NC(Cc1ccccc1)C(=O)NCCC(N)=O)C(C)C. The number of hydrogen-bond acceptors (Lipinski definition) is 5. The Balaban J connectivity index is 3.04. The standard InChI is InChI=1S/C25H39N5O5/c1-6-16(4)22(28-17(5)31)25(35)30-21(15(2)3)24(34)29-19(14-18-10-8-7-9-11-18)23(33)27-13-12-20(26)32/h7-11,15-16,19,21-22H,6,12-14H2,1-5H3,(H2,26,32)(H,27,33)(H,28,31)(H,29,34)(H,30,35). The molecule has 10 heteroatoms. The van der Waals surface area contributed by atoms with Crippen molar-refractivity contribution in [1.82, 2.24) is 21.3 Å². The van der Waals surface area contributed by atoms with Crippen LogP contribution in [0.4, 0.5) is 0 Å². The highest BCUT2D eigenvalue weighted by Crippen LogP contribution is 2.11. The summed E-state index contributed by atoms with van der Waals surface area (Å²) in [6.45, 7) is 8.69. The maximum atomic E-state index is 13.2. The largest absolute Gasteiger partial charge is 0.370 e. The second-order valence-corrected chi connectivity index (χ2v) is 9.05. The molecule has 0 radical (unpaired) electrons. The summed E-state index contributed by atoms with van der Waals surface area (Å²) in [4.78, 5) is 61.7. The highest BCUT2D eigenvalue weighted by atomic mass is 16.2. The lowest BCUT2D eigenvalue weighted by molar-refractivity contribution is -0.135. The Kier molecular flexibility index (Phi) is 12.5. The third-order valence-corrected chi connectivity index (χ3v) is 5.69. The fourth-order valence-electron chi connectivity index (χ4n) is 3.45. The zero-order chi connectivity index (χ0) is 26.5. The summed E-state index contributed by atoms with van der Waals surface area (Å²) in [5.74, 6) is -2.77. The van der Waals surface area contributed by atoms with Crippen molar-refractivity contribution in [2.45, 2.75) is 72.0 Å². The highest BCUT2D eigenvalue weighted by molar-refractivity contribution is 5.94. The molecule has 4 unspecified atom stereocenters. The van der Waals surface area contributed by atoms with Crippen LogP contribution in [-0.2, 0) is 30.4 Å². The zero-order valence-corrected chi connectivity index (χ0v) is 21.2. The van der Waals surface area contributed by atoms with Crippen LogP contribution >= 0.6 is 0 Å². The molecule has 194 valence electrons. The molecule has 4 atom stereocenters. The van der Waals surface area contributed by atoms with Crippen molar-refractivity contribution >= 4 is 29.5 Å². The zero-order valence-electron chi connectivity index (χ0n) is 21.2. The van der Waals surface area contributed by atoms with E-state index in [1.54, 1.807) is 13.8 Å². The van der Waals surface area contributed by atoms with E-state index in [2.05, 4.69) is 21.3 Å². The smallest absolute Gasteiger partial charge is 0.243 e. The van der Waals surface area contributed by atoms with Gasteiger partial charge in [-0.1, -0.05) is 64.4 Å². The lowest BCUT2D eigenvalue weighted by atomic mass is 9.96. The third-order valence-electron chi connectivity index (χ3n) is 5.69. The lowest BCUT2D eigenvalue weighted by Gasteiger charge is -2.29. The first-order valence-corrected chi connectivity index (χ1v) is 11.9. The second-order valence-electron chi connectivity index (χ2n) is 9.05. The summed E-state index contributed by atoms with van der Waals surface area (Å²) in [6, 6.07) is 6.52. The van der Waals surface area contributed by atoms with Gasteiger partial charge in [-0.15, -0.1) is 0 Å². The number of carbonyl (C=O) groups is 5. The fraction of sp³-hybridized carbons (Fsp3) is 0.560. The molecular weight excluding hydrogens is 450 g/mol. The molecular formula is C25H39N5O5. The highest BCUT2D eigenvalue weighted by Gasteiger charge is 2.32. The van der Waals surface area contributed by atoms with Gasteiger partial charge in [-0.25, -0.2) is 0 Å². The average molecular weight is 490 g/mol. The molecule has 1 rings (SSSR count). The summed E-state index contributed by atoms with van der Waals surface area (Å²) in [5.41, 5.74) is 5.97. The van der Waals surface area contributed by atoms with Crippen LogP contribution in [0.15, 0.2) is 30.3 Å². The summed E-state index contributed by atoms with van der Waals surface area (Å²) in [6.07, 6.45) is 0.846. The molecule has 10 nitrogen and oxygen atoms in total. The van der Waals surface area contributed by atoms with Crippen LogP contribution in [0, 0.1) is 11.8 Å². The van der Waals surface area contributed by atoms with Crippen LogP contribution in [0.25, 0.3) is 0 Å². The molecule has 0 saturated carbocycles. The normalized spacial score (nSPS) is 14.2. The van der Waals surface area contributed by atoms with E-state index in [4.69, 9.17) is 5.73 Å². The molecule has 0 fully saturated rings. The van der Waals surface area contributed by atoms with Gasteiger partial charge in [0.15, 0.2) is 0 Å². The topological polar surface area (TPSA) is 159 Å². The molecule has 6 N–H and O–H groups in total. The van der Waals surface area contributed by atoms with E-state index in [0.29, 0.717) is 6.42 Å². The van der Waals surface area contributed by atoms with Gasteiger partial charge >= 0.3 is 0 Å². The molecule has 0 spiro atoms. The number of hydrogen-bond donors (Lipinski definition) is 5. The predicted octanol–water partition coefficient (Wildman–Crippen LogP) is 0.397. The predicted molar refractivity (Wildman–Crippen MR) is 133 cm³/mol. The summed E-state index contributed by atoms with van der Waals surface area (Å²) >= 11 is 0. The van der Waals surface area contributed by atoms with Gasteiger partial charge in [0.2, 0.25) is 29.5 Å². The molecule has 1 aromatic rings. The van der Waals surface area contributed by atoms with Gasteiger partial charge in [-0.05, 0) is 17.4 Å². The van der Waals surface area contributed by atoms with Gasteiger partial charge in [0, 0.05) is 26.3 Å². The number of primary amides is 1. The Bertz CT molecular complexity index is 874. The van der Waals surface area contributed by atoms with Gasteiger partial charge in [0.1, 0.15) is 18.1 Å². The molecule has 0 aliphatic carbocycles. The Labute approximate surface area is 207 Å². The molecule has 35 heavy (non-hydrogen) atoms. The second kappa shape index (κ2) is 14.7. The number of nitrogens with one attached hydrogen (secondary N) is 4. The fourth-order valence-corrected chi connectivity index (χ4v) is 3.45. The van der Waals surface area contributed by atoms with E-state index in [9.17, 15) is 24.0 Å². The van der Waals surface area contributed by atoms with Crippen LogP contribution < -0.4 is 27.0 Å². The Morgan fingerprint density at radius 1 is 0.857 bits per heavy atom. The van der Waals surface area contributed by atoms with Crippen LogP contribution in [0.1, 0.15) is 53.0 Å². The first-order valence-electron chi connectivity index (χ1n) is 11.9. The van der Waals surface area contributed by atoms with Crippen molar-refractivity contribution in [3.8, 4) is 0 Å². The van der Waals surface area contributed by atoms with Crippen molar-refractivity contribution in [2.24, 2.45) is 17.6 Å². The monoisotopic (exact) mass is 489 g/mol. The van der Waals surface area contributed by atoms with Crippen LogP contribution in [0.5, 0.6) is 0 Å². The van der Waals surface area contributed by atoms with Crippen molar-refractivity contribution in [3.63, 3.8) is 0 Å². The van der Waals surface area contributed by atoms with Crippen molar-refractivity contribution in [1.29, 1.82) is 0 Å². The minimum Gasteiger partial charge on any atom is -0.370 e. The van der Waals surface area contributed by atoms with E-state index in [-0.39, 0.29) is 37.1 Å². The Morgan fingerprint density at radius 2 is 1.46 bits per heavy atom. The minimum absolute atomic E-state index is 0.0252. The Morgan fingerprint density at radius 3 is 1.97 bits per heavy atom. The molecule has 1 aromatic carbocycles. The number of carbonyl (C=O) groups excluding carboxylic acids is 5. The van der Waals surface area contributed by atoms with Gasteiger partial charge < -0.3 is 27.0 Å². The molecule has 0 saturated heterocycles.